The maximum absolute atomic E-state index is 13.6. The summed E-state index contributed by atoms with van der Waals surface area (Å²) in [4.78, 5) is 11.4. The van der Waals surface area contributed by atoms with Gasteiger partial charge in [-0.1, -0.05) is 18.2 Å². The highest BCUT2D eigenvalue weighted by Gasteiger charge is 2.26. The molecule has 6 heteroatoms. The molecule has 0 aromatic heterocycles. The van der Waals surface area contributed by atoms with Crippen LogP contribution in [0.4, 0.5) is 4.39 Å². The van der Waals surface area contributed by atoms with Crippen molar-refractivity contribution in [1.82, 2.24) is 0 Å². The summed E-state index contributed by atoms with van der Waals surface area (Å²) < 4.78 is 43.2. The van der Waals surface area contributed by atoms with E-state index in [1.165, 1.54) is 18.2 Å². The van der Waals surface area contributed by atoms with E-state index in [1.807, 2.05) is 0 Å². The number of ketones is 1. The zero-order valence-corrected chi connectivity index (χ0v) is 12.6. The van der Waals surface area contributed by atoms with E-state index in [1.54, 1.807) is 19.1 Å². The summed E-state index contributed by atoms with van der Waals surface area (Å²) in [6, 6.07) is 8.32. The number of fused-ring (bicyclic) bond motifs is 1. The zero-order valence-electron chi connectivity index (χ0n) is 11.8. The molecule has 114 valence electrons. The molecule has 0 aliphatic heterocycles. The second kappa shape index (κ2) is 5.21. The van der Waals surface area contributed by atoms with Crippen LogP contribution in [0, 0.1) is 12.7 Å². The number of rotatable bonds is 3. The summed E-state index contributed by atoms with van der Waals surface area (Å²) in [6.45, 7) is 1.54. The van der Waals surface area contributed by atoms with Crippen LogP contribution in [0.5, 0.6) is 5.75 Å². The van der Waals surface area contributed by atoms with Crippen LogP contribution >= 0.6 is 0 Å². The Morgan fingerprint density at radius 1 is 1.14 bits per heavy atom. The lowest BCUT2D eigenvalue weighted by atomic mass is 10.1. The lowest BCUT2D eigenvalue weighted by molar-refractivity contribution is 0.0994. The summed E-state index contributed by atoms with van der Waals surface area (Å²) in [6.07, 6.45) is 0.789. The van der Waals surface area contributed by atoms with Crippen LogP contribution < -0.4 is 4.18 Å². The summed E-state index contributed by atoms with van der Waals surface area (Å²) in [5.74, 6) is -0.512. The van der Waals surface area contributed by atoms with E-state index >= 15 is 0 Å². The first-order valence-corrected chi connectivity index (χ1v) is 8.15. The lowest BCUT2D eigenvalue weighted by Crippen LogP contribution is -2.11. The van der Waals surface area contributed by atoms with Crippen molar-refractivity contribution < 1.29 is 21.8 Å². The lowest BCUT2D eigenvalue weighted by Gasteiger charge is -2.11. The van der Waals surface area contributed by atoms with Crippen LogP contribution in [0.2, 0.25) is 0 Å². The molecule has 0 heterocycles. The van der Waals surface area contributed by atoms with E-state index in [9.17, 15) is 17.6 Å². The van der Waals surface area contributed by atoms with Crippen LogP contribution in [0.25, 0.3) is 0 Å². The van der Waals surface area contributed by atoms with E-state index in [0.717, 1.165) is 6.07 Å². The van der Waals surface area contributed by atoms with Gasteiger partial charge in [0, 0.05) is 17.5 Å². The largest absolute Gasteiger partial charge is 0.379 e. The third kappa shape index (κ3) is 2.50. The third-order valence-corrected chi connectivity index (χ3v) is 4.90. The number of halogens is 1. The number of carbonyl (C=O) groups is 1. The second-order valence-electron chi connectivity index (χ2n) is 5.15. The monoisotopic (exact) mass is 320 g/mol. The molecule has 0 saturated heterocycles. The number of hydrogen-bond donors (Lipinski definition) is 0. The zero-order chi connectivity index (χ0) is 15.9. The molecule has 3 rings (SSSR count). The number of Topliss-reactive ketones (excluding diaryl/α,β-unsaturated/α-hetero) is 1. The topological polar surface area (TPSA) is 60.4 Å². The van der Waals surface area contributed by atoms with Crippen LogP contribution in [-0.2, 0) is 16.5 Å². The van der Waals surface area contributed by atoms with E-state index < -0.39 is 15.9 Å². The van der Waals surface area contributed by atoms with Gasteiger partial charge in [-0.05, 0) is 37.1 Å². The molecule has 4 nitrogen and oxygen atoms in total. The fourth-order valence-electron chi connectivity index (χ4n) is 2.43. The first-order chi connectivity index (χ1) is 10.4. The van der Waals surface area contributed by atoms with Crippen LogP contribution in [0.1, 0.15) is 27.9 Å². The Balaban J connectivity index is 1.99. The van der Waals surface area contributed by atoms with E-state index in [4.69, 9.17) is 4.18 Å². The first-order valence-electron chi connectivity index (χ1n) is 6.74. The SMILES string of the molecule is Cc1ccc(S(=O)(=O)Oc2cccc3c2CCC3=O)cc1F. The predicted molar refractivity (Wildman–Crippen MR) is 78.0 cm³/mol. The molecule has 0 unspecified atom stereocenters. The van der Waals surface area contributed by atoms with Crippen molar-refractivity contribution in [2.75, 3.05) is 0 Å². The number of hydrogen-bond acceptors (Lipinski definition) is 4. The highest BCUT2D eigenvalue weighted by atomic mass is 32.2. The van der Waals surface area contributed by atoms with Gasteiger partial charge in [0.25, 0.3) is 0 Å². The average molecular weight is 320 g/mol. The highest BCUT2D eigenvalue weighted by molar-refractivity contribution is 7.87. The molecule has 2 aromatic rings. The molecule has 1 aliphatic rings. The Bertz CT molecular complexity index is 872. The normalized spacial score (nSPS) is 14.0. The first kappa shape index (κ1) is 14.7. The molecule has 0 spiro atoms. The van der Waals surface area contributed by atoms with Gasteiger partial charge in [0.05, 0.1) is 0 Å². The van der Waals surface area contributed by atoms with Crippen molar-refractivity contribution in [3.8, 4) is 5.75 Å². The van der Waals surface area contributed by atoms with Gasteiger partial charge in [-0.15, -0.1) is 0 Å². The average Bonchev–Trinajstić information content (AvgIpc) is 2.84. The minimum absolute atomic E-state index is 0.0285. The number of benzene rings is 2. The van der Waals surface area contributed by atoms with Gasteiger partial charge in [0.2, 0.25) is 0 Å². The summed E-state index contributed by atoms with van der Waals surface area (Å²) in [7, 11) is -4.14. The van der Waals surface area contributed by atoms with E-state index in [2.05, 4.69) is 0 Å². The molecule has 1 aliphatic carbocycles. The third-order valence-electron chi connectivity index (χ3n) is 3.67. The van der Waals surface area contributed by atoms with E-state index in [-0.39, 0.29) is 16.4 Å². The minimum atomic E-state index is -4.14. The van der Waals surface area contributed by atoms with Crippen LogP contribution in [-0.4, -0.2) is 14.2 Å². The predicted octanol–water partition coefficient (Wildman–Crippen LogP) is 3.03. The molecule has 0 N–H and O–H groups in total. The maximum Gasteiger partial charge on any atom is 0.339 e. The Labute approximate surface area is 127 Å². The van der Waals surface area contributed by atoms with Crippen molar-refractivity contribution >= 4 is 15.9 Å². The summed E-state index contributed by atoms with van der Waals surface area (Å²) in [5, 5.41) is 0. The van der Waals surface area contributed by atoms with Gasteiger partial charge in [-0.25, -0.2) is 4.39 Å². The Morgan fingerprint density at radius 3 is 2.64 bits per heavy atom. The minimum Gasteiger partial charge on any atom is -0.379 e. The second-order valence-corrected chi connectivity index (χ2v) is 6.70. The highest BCUT2D eigenvalue weighted by Crippen LogP contribution is 2.32. The maximum atomic E-state index is 13.6. The van der Waals surface area contributed by atoms with Gasteiger partial charge in [-0.2, -0.15) is 8.42 Å². The van der Waals surface area contributed by atoms with Crippen molar-refractivity contribution in [1.29, 1.82) is 0 Å². The number of aryl methyl sites for hydroxylation is 1. The number of carbonyl (C=O) groups excluding carboxylic acids is 1. The summed E-state index contributed by atoms with van der Waals surface area (Å²) >= 11 is 0. The molecular formula is C16H13FO4S. The van der Waals surface area contributed by atoms with Crippen molar-refractivity contribution in [2.45, 2.75) is 24.7 Å². The molecule has 0 bridgehead atoms. The van der Waals surface area contributed by atoms with E-state index in [0.29, 0.717) is 29.5 Å². The van der Waals surface area contributed by atoms with Crippen LogP contribution in [0.3, 0.4) is 0 Å². The smallest absolute Gasteiger partial charge is 0.339 e. The molecule has 22 heavy (non-hydrogen) atoms. The fourth-order valence-corrected chi connectivity index (χ4v) is 3.40. The molecule has 0 fully saturated rings. The fraction of sp³-hybridized carbons (Fsp3) is 0.188. The van der Waals surface area contributed by atoms with Gasteiger partial charge >= 0.3 is 10.1 Å². The quantitative estimate of drug-likeness (QED) is 0.816. The van der Waals surface area contributed by atoms with Gasteiger partial charge < -0.3 is 4.18 Å². The molecule has 0 amide bonds. The van der Waals surface area contributed by atoms with Crippen molar-refractivity contribution in [3.05, 3.63) is 58.9 Å². The Kier molecular flexibility index (Phi) is 3.48. The molecular weight excluding hydrogens is 307 g/mol. The van der Waals surface area contributed by atoms with Gasteiger partial charge in [0.1, 0.15) is 16.5 Å². The van der Waals surface area contributed by atoms with Gasteiger partial charge in [-0.3, -0.25) is 4.79 Å². The van der Waals surface area contributed by atoms with Crippen molar-refractivity contribution in [3.63, 3.8) is 0 Å². The molecule has 0 atom stereocenters. The Hall–Kier alpha value is -2.21. The van der Waals surface area contributed by atoms with Crippen molar-refractivity contribution in [2.24, 2.45) is 0 Å². The summed E-state index contributed by atoms with van der Waals surface area (Å²) in [5.41, 5.74) is 1.43. The van der Waals surface area contributed by atoms with Gasteiger partial charge in [0.15, 0.2) is 5.78 Å². The van der Waals surface area contributed by atoms with Crippen LogP contribution in [0.15, 0.2) is 41.3 Å². The Morgan fingerprint density at radius 2 is 1.91 bits per heavy atom. The molecule has 2 aromatic carbocycles. The molecule has 0 saturated carbocycles. The standard InChI is InChI=1S/C16H13FO4S/c1-10-5-6-11(9-14(10)17)22(19,20)21-16-4-2-3-12-13(16)7-8-15(12)18/h2-6,9H,7-8H2,1H3. The molecule has 0 radical (unpaired) electrons.